The summed E-state index contributed by atoms with van der Waals surface area (Å²) < 4.78 is 0. The van der Waals surface area contributed by atoms with E-state index >= 15 is 0 Å². The molecule has 13 heavy (non-hydrogen) atoms. The minimum absolute atomic E-state index is 0.0895. The minimum atomic E-state index is -0.101. The van der Waals surface area contributed by atoms with Crippen LogP contribution in [0.15, 0.2) is 0 Å². The van der Waals surface area contributed by atoms with Crippen LogP contribution in [-0.2, 0) is 0 Å². The maximum atomic E-state index is 9.51. The van der Waals surface area contributed by atoms with E-state index in [9.17, 15) is 5.11 Å². The lowest BCUT2D eigenvalue weighted by atomic mass is 9.64. The van der Waals surface area contributed by atoms with E-state index in [1.807, 2.05) is 0 Å². The van der Waals surface area contributed by atoms with Crippen LogP contribution < -0.4 is 5.32 Å². The highest BCUT2D eigenvalue weighted by Crippen LogP contribution is 2.40. The van der Waals surface area contributed by atoms with Crippen LogP contribution >= 0.6 is 0 Å². The van der Waals surface area contributed by atoms with Crippen molar-refractivity contribution in [2.75, 3.05) is 6.54 Å². The molecule has 2 heteroatoms. The summed E-state index contributed by atoms with van der Waals surface area (Å²) in [5.41, 5.74) is 0.0895. The molecule has 0 amide bonds. The number of unbranched alkanes of at least 4 members (excludes halogenated alkanes) is 2. The SMILES string of the molecule is CCCCCNC1CC(O)C1(C)C. The number of nitrogens with one attached hydrogen (secondary N) is 1. The zero-order chi connectivity index (χ0) is 9.90. The first-order valence-corrected chi connectivity index (χ1v) is 5.50. The molecule has 2 nitrogen and oxygen atoms in total. The van der Waals surface area contributed by atoms with Crippen molar-refractivity contribution in [3.05, 3.63) is 0 Å². The zero-order valence-corrected chi connectivity index (χ0v) is 9.14. The summed E-state index contributed by atoms with van der Waals surface area (Å²) in [6.07, 6.45) is 4.68. The molecule has 0 saturated heterocycles. The third kappa shape index (κ3) is 2.44. The molecule has 0 spiro atoms. The Hall–Kier alpha value is -0.0800. The molecular formula is C11H23NO. The molecule has 0 aliphatic heterocycles. The summed E-state index contributed by atoms with van der Waals surface area (Å²) in [5, 5.41) is 13.0. The largest absolute Gasteiger partial charge is 0.392 e. The average Bonchev–Trinajstić information content (AvgIpc) is 2.10. The molecule has 1 saturated carbocycles. The van der Waals surface area contributed by atoms with E-state index in [2.05, 4.69) is 26.1 Å². The Labute approximate surface area is 81.7 Å². The van der Waals surface area contributed by atoms with Crippen LogP contribution in [0, 0.1) is 5.41 Å². The Morgan fingerprint density at radius 1 is 1.38 bits per heavy atom. The van der Waals surface area contributed by atoms with Gasteiger partial charge in [-0.05, 0) is 19.4 Å². The predicted octanol–water partition coefficient (Wildman–Crippen LogP) is 1.93. The molecule has 1 rings (SSSR count). The number of aliphatic hydroxyl groups is 1. The maximum absolute atomic E-state index is 9.51. The van der Waals surface area contributed by atoms with Crippen molar-refractivity contribution in [1.29, 1.82) is 0 Å². The van der Waals surface area contributed by atoms with Gasteiger partial charge in [0, 0.05) is 11.5 Å². The lowest BCUT2D eigenvalue weighted by Gasteiger charge is -2.49. The summed E-state index contributed by atoms with van der Waals surface area (Å²) in [6.45, 7) is 7.60. The van der Waals surface area contributed by atoms with Gasteiger partial charge in [0.1, 0.15) is 0 Å². The number of aliphatic hydroxyl groups excluding tert-OH is 1. The first-order chi connectivity index (χ1) is 6.09. The van der Waals surface area contributed by atoms with Gasteiger partial charge in [0.25, 0.3) is 0 Å². The van der Waals surface area contributed by atoms with Crippen LogP contribution in [0.5, 0.6) is 0 Å². The monoisotopic (exact) mass is 185 g/mol. The van der Waals surface area contributed by atoms with Gasteiger partial charge >= 0.3 is 0 Å². The van der Waals surface area contributed by atoms with E-state index in [0.29, 0.717) is 6.04 Å². The molecule has 0 aromatic rings. The van der Waals surface area contributed by atoms with Gasteiger partial charge in [0.2, 0.25) is 0 Å². The van der Waals surface area contributed by atoms with E-state index in [4.69, 9.17) is 0 Å². The highest BCUT2D eigenvalue weighted by molar-refractivity contribution is 5.01. The summed E-state index contributed by atoms with van der Waals surface area (Å²) in [5.74, 6) is 0. The fourth-order valence-corrected chi connectivity index (χ4v) is 1.90. The third-order valence-electron chi connectivity index (χ3n) is 3.39. The van der Waals surface area contributed by atoms with Crippen molar-refractivity contribution in [3.63, 3.8) is 0 Å². The van der Waals surface area contributed by atoms with E-state index in [1.165, 1.54) is 19.3 Å². The van der Waals surface area contributed by atoms with Crippen molar-refractivity contribution < 1.29 is 5.11 Å². The first kappa shape index (κ1) is 11.0. The van der Waals surface area contributed by atoms with Crippen LogP contribution in [0.25, 0.3) is 0 Å². The van der Waals surface area contributed by atoms with Gasteiger partial charge in [-0.2, -0.15) is 0 Å². The fourth-order valence-electron chi connectivity index (χ4n) is 1.90. The van der Waals surface area contributed by atoms with Gasteiger partial charge in [0.05, 0.1) is 6.10 Å². The lowest BCUT2D eigenvalue weighted by molar-refractivity contribution is -0.0722. The minimum Gasteiger partial charge on any atom is -0.392 e. The molecule has 2 unspecified atom stereocenters. The van der Waals surface area contributed by atoms with Gasteiger partial charge in [0.15, 0.2) is 0 Å². The molecular weight excluding hydrogens is 162 g/mol. The zero-order valence-electron chi connectivity index (χ0n) is 9.14. The molecule has 1 aliphatic carbocycles. The molecule has 78 valence electrons. The van der Waals surface area contributed by atoms with Gasteiger partial charge in [-0.25, -0.2) is 0 Å². The molecule has 1 fully saturated rings. The first-order valence-electron chi connectivity index (χ1n) is 5.50. The Kier molecular flexibility index (Phi) is 3.74. The summed E-state index contributed by atoms with van der Waals surface area (Å²) >= 11 is 0. The Balaban J connectivity index is 2.10. The van der Waals surface area contributed by atoms with Crippen molar-refractivity contribution in [2.45, 2.75) is 58.6 Å². The molecule has 0 radical (unpaired) electrons. The Morgan fingerprint density at radius 2 is 2.08 bits per heavy atom. The van der Waals surface area contributed by atoms with Gasteiger partial charge in [-0.15, -0.1) is 0 Å². The number of hydrogen-bond donors (Lipinski definition) is 2. The van der Waals surface area contributed by atoms with Crippen LogP contribution in [-0.4, -0.2) is 23.8 Å². The second kappa shape index (κ2) is 4.43. The normalized spacial score (nSPS) is 31.4. The standard InChI is InChI=1S/C11H23NO/c1-4-5-6-7-12-9-8-10(13)11(9,2)3/h9-10,12-13H,4-8H2,1-3H3. The topological polar surface area (TPSA) is 32.3 Å². The number of hydrogen-bond acceptors (Lipinski definition) is 2. The van der Waals surface area contributed by atoms with Crippen LogP contribution in [0.2, 0.25) is 0 Å². The van der Waals surface area contributed by atoms with Crippen molar-refractivity contribution >= 4 is 0 Å². The average molecular weight is 185 g/mol. The second-order valence-electron chi connectivity index (χ2n) is 4.79. The third-order valence-corrected chi connectivity index (χ3v) is 3.39. The highest BCUT2D eigenvalue weighted by Gasteiger charge is 2.46. The molecule has 0 bridgehead atoms. The van der Waals surface area contributed by atoms with E-state index in [1.54, 1.807) is 0 Å². The van der Waals surface area contributed by atoms with Crippen LogP contribution in [0.1, 0.15) is 46.5 Å². The summed E-state index contributed by atoms with van der Waals surface area (Å²) in [7, 11) is 0. The van der Waals surface area contributed by atoms with Gasteiger partial charge < -0.3 is 10.4 Å². The predicted molar refractivity (Wildman–Crippen MR) is 55.7 cm³/mol. The Morgan fingerprint density at radius 3 is 2.54 bits per heavy atom. The van der Waals surface area contributed by atoms with Crippen LogP contribution in [0.4, 0.5) is 0 Å². The fraction of sp³-hybridized carbons (Fsp3) is 1.00. The van der Waals surface area contributed by atoms with Gasteiger partial charge in [-0.1, -0.05) is 33.6 Å². The molecule has 2 N–H and O–H groups in total. The molecule has 0 aromatic heterocycles. The number of rotatable bonds is 5. The summed E-state index contributed by atoms with van der Waals surface area (Å²) in [4.78, 5) is 0. The van der Waals surface area contributed by atoms with Crippen molar-refractivity contribution in [2.24, 2.45) is 5.41 Å². The quantitative estimate of drug-likeness (QED) is 0.641. The van der Waals surface area contributed by atoms with Crippen molar-refractivity contribution in [3.8, 4) is 0 Å². The maximum Gasteiger partial charge on any atom is 0.0621 e. The molecule has 2 atom stereocenters. The second-order valence-corrected chi connectivity index (χ2v) is 4.79. The van der Waals surface area contributed by atoms with E-state index in [-0.39, 0.29) is 11.5 Å². The van der Waals surface area contributed by atoms with Crippen LogP contribution in [0.3, 0.4) is 0 Å². The molecule has 0 aromatic carbocycles. The molecule has 1 aliphatic rings. The summed E-state index contributed by atoms with van der Waals surface area (Å²) in [6, 6.07) is 0.527. The van der Waals surface area contributed by atoms with Gasteiger partial charge in [-0.3, -0.25) is 0 Å². The lowest BCUT2D eigenvalue weighted by Crippen LogP contribution is -2.60. The van der Waals surface area contributed by atoms with E-state index in [0.717, 1.165) is 13.0 Å². The Bertz CT molecular complexity index is 156. The molecule has 0 heterocycles. The van der Waals surface area contributed by atoms with Crippen molar-refractivity contribution in [1.82, 2.24) is 5.32 Å². The van der Waals surface area contributed by atoms with E-state index < -0.39 is 0 Å². The smallest absolute Gasteiger partial charge is 0.0621 e. The highest BCUT2D eigenvalue weighted by atomic mass is 16.3.